The summed E-state index contributed by atoms with van der Waals surface area (Å²) in [5, 5.41) is 11.9. The summed E-state index contributed by atoms with van der Waals surface area (Å²) < 4.78 is 13.2. The van der Waals surface area contributed by atoms with Gasteiger partial charge in [0.15, 0.2) is 0 Å². The highest BCUT2D eigenvalue weighted by Crippen LogP contribution is 2.17. The van der Waals surface area contributed by atoms with Crippen LogP contribution in [0.25, 0.3) is 0 Å². The van der Waals surface area contributed by atoms with Gasteiger partial charge in [-0.2, -0.15) is 17.0 Å². The fraction of sp³-hybridized carbons (Fsp3) is 0.417. The lowest BCUT2D eigenvalue weighted by Crippen LogP contribution is -2.04. The zero-order chi connectivity index (χ0) is 11.8. The first-order valence-electron chi connectivity index (χ1n) is 5.21. The molecule has 0 saturated carbocycles. The van der Waals surface area contributed by atoms with Crippen molar-refractivity contribution in [3.8, 4) is 6.07 Å². The van der Waals surface area contributed by atoms with Crippen LogP contribution in [0.1, 0.15) is 18.4 Å². The van der Waals surface area contributed by atoms with E-state index in [9.17, 15) is 4.39 Å². The number of halogens is 1. The van der Waals surface area contributed by atoms with Crippen LogP contribution in [-0.2, 0) is 0 Å². The normalized spacial score (nSPS) is 9.81. The van der Waals surface area contributed by atoms with E-state index in [0.717, 1.165) is 25.1 Å². The zero-order valence-corrected chi connectivity index (χ0v) is 10.1. The number of nitriles is 1. The Labute approximate surface area is 99.9 Å². The Hall–Kier alpha value is -1.21. The van der Waals surface area contributed by atoms with Gasteiger partial charge in [-0.3, -0.25) is 0 Å². The lowest BCUT2D eigenvalue weighted by Gasteiger charge is -2.08. The van der Waals surface area contributed by atoms with Gasteiger partial charge in [0.25, 0.3) is 0 Å². The van der Waals surface area contributed by atoms with E-state index in [4.69, 9.17) is 5.26 Å². The molecule has 0 aliphatic rings. The first kappa shape index (κ1) is 12.9. The maximum Gasteiger partial charge on any atom is 0.143 e. The average molecular weight is 238 g/mol. The second kappa shape index (κ2) is 7.13. The molecular weight excluding hydrogens is 223 g/mol. The highest BCUT2D eigenvalue weighted by molar-refractivity contribution is 7.98. The molecule has 0 heterocycles. The third kappa shape index (κ3) is 3.74. The van der Waals surface area contributed by atoms with E-state index >= 15 is 0 Å². The SMILES string of the molecule is CSCCCCNc1cccc(F)c1C#N. The van der Waals surface area contributed by atoms with Crippen molar-refractivity contribution in [1.29, 1.82) is 5.26 Å². The summed E-state index contributed by atoms with van der Waals surface area (Å²) in [4.78, 5) is 0. The molecule has 1 N–H and O–H groups in total. The summed E-state index contributed by atoms with van der Waals surface area (Å²) in [6, 6.07) is 6.52. The van der Waals surface area contributed by atoms with Gasteiger partial charge in [0.1, 0.15) is 17.4 Å². The third-order valence-electron chi connectivity index (χ3n) is 2.22. The van der Waals surface area contributed by atoms with E-state index in [1.54, 1.807) is 12.1 Å². The van der Waals surface area contributed by atoms with Gasteiger partial charge in [-0.15, -0.1) is 0 Å². The van der Waals surface area contributed by atoms with Crippen LogP contribution in [-0.4, -0.2) is 18.6 Å². The molecule has 0 aliphatic heterocycles. The van der Waals surface area contributed by atoms with Crippen molar-refractivity contribution in [3.63, 3.8) is 0 Å². The maximum atomic E-state index is 13.2. The molecular formula is C12H15FN2S. The molecule has 1 aromatic carbocycles. The molecule has 0 atom stereocenters. The van der Waals surface area contributed by atoms with Crippen LogP contribution >= 0.6 is 11.8 Å². The number of unbranched alkanes of at least 4 members (excludes halogenated alkanes) is 1. The fourth-order valence-electron chi connectivity index (χ4n) is 1.38. The van der Waals surface area contributed by atoms with Gasteiger partial charge >= 0.3 is 0 Å². The Balaban J connectivity index is 2.48. The van der Waals surface area contributed by atoms with Gasteiger partial charge in [-0.05, 0) is 37.0 Å². The first-order chi connectivity index (χ1) is 7.79. The minimum Gasteiger partial charge on any atom is -0.384 e. The predicted molar refractivity (Wildman–Crippen MR) is 67.2 cm³/mol. The number of thioether (sulfide) groups is 1. The molecule has 86 valence electrons. The summed E-state index contributed by atoms with van der Waals surface area (Å²) in [5.74, 6) is 0.673. The minimum atomic E-state index is -0.461. The van der Waals surface area contributed by atoms with Crippen molar-refractivity contribution in [2.75, 3.05) is 23.9 Å². The Morgan fingerprint density at radius 1 is 1.44 bits per heavy atom. The Bertz CT molecular complexity index is 374. The molecule has 0 bridgehead atoms. The summed E-state index contributed by atoms with van der Waals surface area (Å²) in [6.45, 7) is 0.776. The highest BCUT2D eigenvalue weighted by Gasteiger charge is 2.06. The van der Waals surface area contributed by atoms with Gasteiger partial charge < -0.3 is 5.32 Å². The molecule has 0 aromatic heterocycles. The monoisotopic (exact) mass is 238 g/mol. The van der Waals surface area contributed by atoms with Crippen LogP contribution in [0.4, 0.5) is 10.1 Å². The minimum absolute atomic E-state index is 0.104. The predicted octanol–water partition coefficient (Wildman–Crippen LogP) is 3.25. The van der Waals surface area contributed by atoms with Crippen molar-refractivity contribution in [1.82, 2.24) is 0 Å². The van der Waals surface area contributed by atoms with Crippen molar-refractivity contribution in [2.45, 2.75) is 12.8 Å². The number of hydrogen-bond acceptors (Lipinski definition) is 3. The van der Waals surface area contributed by atoms with E-state index in [-0.39, 0.29) is 5.56 Å². The van der Waals surface area contributed by atoms with Gasteiger partial charge in [0, 0.05) is 6.54 Å². The largest absolute Gasteiger partial charge is 0.384 e. The maximum absolute atomic E-state index is 13.2. The van der Waals surface area contributed by atoms with Crippen LogP contribution in [0, 0.1) is 17.1 Å². The quantitative estimate of drug-likeness (QED) is 0.773. The van der Waals surface area contributed by atoms with Crippen molar-refractivity contribution >= 4 is 17.4 Å². The molecule has 0 aliphatic carbocycles. The molecule has 0 spiro atoms. The summed E-state index contributed by atoms with van der Waals surface area (Å²) in [7, 11) is 0. The zero-order valence-electron chi connectivity index (χ0n) is 9.29. The second-order valence-electron chi connectivity index (χ2n) is 3.40. The van der Waals surface area contributed by atoms with Crippen LogP contribution in [0.15, 0.2) is 18.2 Å². The summed E-state index contributed by atoms with van der Waals surface area (Å²) >= 11 is 1.82. The fourth-order valence-corrected chi connectivity index (χ4v) is 1.87. The highest BCUT2D eigenvalue weighted by atomic mass is 32.2. The standard InChI is InChI=1S/C12H15FN2S/c1-16-8-3-2-7-15-12-6-4-5-11(13)10(12)9-14/h4-6,15H,2-3,7-8H2,1H3. The number of anilines is 1. The molecule has 0 amide bonds. The number of rotatable bonds is 6. The van der Waals surface area contributed by atoms with Gasteiger partial charge in [0.05, 0.1) is 5.69 Å². The number of nitrogens with zero attached hydrogens (tertiary/aromatic N) is 1. The molecule has 0 unspecified atom stereocenters. The van der Waals surface area contributed by atoms with E-state index in [0.29, 0.717) is 5.69 Å². The molecule has 1 aromatic rings. The third-order valence-corrected chi connectivity index (χ3v) is 2.91. The molecule has 1 rings (SSSR count). The number of benzene rings is 1. The van der Waals surface area contributed by atoms with Gasteiger partial charge in [-0.1, -0.05) is 6.07 Å². The molecule has 0 radical (unpaired) electrons. The van der Waals surface area contributed by atoms with Crippen LogP contribution in [0.5, 0.6) is 0 Å². The smallest absolute Gasteiger partial charge is 0.143 e. The van der Waals surface area contributed by atoms with E-state index in [1.165, 1.54) is 6.07 Å². The van der Waals surface area contributed by atoms with Crippen molar-refractivity contribution in [2.24, 2.45) is 0 Å². The lowest BCUT2D eigenvalue weighted by molar-refractivity contribution is 0.624. The van der Waals surface area contributed by atoms with Crippen LogP contribution < -0.4 is 5.32 Å². The number of hydrogen-bond donors (Lipinski definition) is 1. The van der Waals surface area contributed by atoms with Crippen LogP contribution in [0.3, 0.4) is 0 Å². The Kier molecular flexibility index (Phi) is 5.73. The first-order valence-corrected chi connectivity index (χ1v) is 6.60. The van der Waals surface area contributed by atoms with E-state index < -0.39 is 5.82 Å². The van der Waals surface area contributed by atoms with Crippen molar-refractivity contribution in [3.05, 3.63) is 29.6 Å². The molecule has 2 nitrogen and oxygen atoms in total. The summed E-state index contributed by atoms with van der Waals surface area (Å²) in [6.07, 6.45) is 4.24. The number of nitrogens with one attached hydrogen (secondary N) is 1. The van der Waals surface area contributed by atoms with E-state index in [2.05, 4.69) is 11.6 Å². The molecule has 0 saturated heterocycles. The average Bonchev–Trinajstić information content (AvgIpc) is 2.29. The molecule has 4 heteroatoms. The Morgan fingerprint density at radius 3 is 2.94 bits per heavy atom. The van der Waals surface area contributed by atoms with Crippen LogP contribution in [0.2, 0.25) is 0 Å². The lowest BCUT2D eigenvalue weighted by atomic mass is 10.2. The topological polar surface area (TPSA) is 35.8 Å². The van der Waals surface area contributed by atoms with Gasteiger partial charge in [0.2, 0.25) is 0 Å². The molecule has 0 fully saturated rings. The molecule has 16 heavy (non-hydrogen) atoms. The summed E-state index contributed by atoms with van der Waals surface area (Å²) in [5.41, 5.74) is 0.694. The van der Waals surface area contributed by atoms with Crippen molar-refractivity contribution < 1.29 is 4.39 Å². The van der Waals surface area contributed by atoms with E-state index in [1.807, 2.05) is 17.8 Å². The van der Waals surface area contributed by atoms with Gasteiger partial charge in [-0.25, -0.2) is 4.39 Å². The Morgan fingerprint density at radius 2 is 2.25 bits per heavy atom. The second-order valence-corrected chi connectivity index (χ2v) is 4.39.